The summed E-state index contributed by atoms with van der Waals surface area (Å²) < 4.78 is 0.921. The van der Waals surface area contributed by atoms with E-state index in [1.54, 1.807) is 12.1 Å². The molecule has 2 aromatic rings. The van der Waals surface area contributed by atoms with E-state index >= 15 is 0 Å². The summed E-state index contributed by atoms with van der Waals surface area (Å²) >= 11 is 1.42. The van der Waals surface area contributed by atoms with E-state index in [1.165, 1.54) is 17.4 Å². The number of aromatic hydroxyl groups is 1. The van der Waals surface area contributed by atoms with Crippen LogP contribution in [-0.4, -0.2) is 5.11 Å². The minimum Gasteiger partial charge on any atom is -0.507 e. The van der Waals surface area contributed by atoms with Crippen molar-refractivity contribution in [3.05, 3.63) is 18.2 Å². The molecule has 1 aromatic carbocycles. The molecule has 0 radical (unpaired) electrons. The Labute approximate surface area is 73.2 Å². The van der Waals surface area contributed by atoms with Crippen molar-refractivity contribution < 1.29 is 5.11 Å². The highest BCUT2D eigenvalue weighted by atomic mass is 32.1. The first-order valence-corrected chi connectivity index (χ1v) is 4.26. The smallest absolute Gasteiger partial charge is 0.126 e. The maximum atomic E-state index is 9.44. The number of thiophene rings is 1. The van der Waals surface area contributed by atoms with E-state index in [9.17, 15) is 5.11 Å². The first-order chi connectivity index (χ1) is 5.66. The second-order valence-corrected chi connectivity index (χ2v) is 3.72. The molecule has 0 aliphatic rings. The topological polar surface area (TPSA) is 72.3 Å². The number of nitrogen functional groups attached to an aromatic ring is 2. The zero-order valence-electron chi connectivity index (χ0n) is 6.24. The number of phenols is 1. The predicted octanol–water partition coefficient (Wildman–Crippen LogP) is 1.77. The minimum atomic E-state index is 0.193. The molecule has 0 aliphatic carbocycles. The van der Waals surface area contributed by atoms with Gasteiger partial charge in [-0.15, -0.1) is 11.3 Å². The lowest BCUT2D eigenvalue weighted by Gasteiger charge is -1.96. The van der Waals surface area contributed by atoms with E-state index in [-0.39, 0.29) is 5.75 Å². The summed E-state index contributed by atoms with van der Waals surface area (Å²) in [4.78, 5) is 0. The van der Waals surface area contributed by atoms with Gasteiger partial charge in [0.1, 0.15) is 5.75 Å². The van der Waals surface area contributed by atoms with Crippen molar-refractivity contribution in [1.29, 1.82) is 0 Å². The Morgan fingerprint density at radius 1 is 1.17 bits per heavy atom. The molecule has 0 amide bonds. The maximum Gasteiger partial charge on any atom is 0.126 e. The van der Waals surface area contributed by atoms with Gasteiger partial charge in [-0.05, 0) is 12.1 Å². The summed E-state index contributed by atoms with van der Waals surface area (Å²) in [6.07, 6.45) is 0. The van der Waals surface area contributed by atoms with E-state index in [0.717, 1.165) is 10.1 Å². The molecule has 0 atom stereocenters. The molecule has 0 spiro atoms. The number of phenolic OH excluding ortho intramolecular Hbond substituents is 1. The highest BCUT2D eigenvalue weighted by molar-refractivity contribution is 7.22. The van der Waals surface area contributed by atoms with E-state index in [0.29, 0.717) is 10.7 Å². The third-order valence-corrected chi connectivity index (χ3v) is 2.57. The average molecular weight is 180 g/mol. The lowest BCUT2D eigenvalue weighted by molar-refractivity contribution is 0.482. The molecule has 1 aromatic heterocycles. The lowest BCUT2D eigenvalue weighted by Crippen LogP contribution is -1.82. The van der Waals surface area contributed by atoms with Crippen LogP contribution in [0, 0.1) is 0 Å². The molecule has 1 heterocycles. The quantitative estimate of drug-likeness (QED) is 0.541. The van der Waals surface area contributed by atoms with Crippen LogP contribution in [0.4, 0.5) is 10.7 Å². The van der Waals surface area contributed by atoms with Crippen LogP contribution in [0.15, 0.2) is 18.2 Å². The summed E-state index contributed by atoms with van der Waals surface area (Å²) in [5, 5.41) is 10.9. The summed E-state index contributed by atoms with van der Waals surface area (Å²) in [5.41, 5.74) is 11.7. The Morgan fingerprint density at radius 3 is 2.67 bits per heavy atom. The van der Waals surface area contributed by atoms with Crippen molar-refractivity contribution in [3.8, 4) is 5.75 Å². The average Bonchev–Trinajstić information content (AvgIpc) is 2.29. The van der Waals surface area contributed by atoms with Crippen LogP contribution in [0.2, 0.25) is 0 Å². The molecule has 0 saturated heterocycles. The highest BCUT2D eigenvalue weighted by Crippen LogP contribution is 2.35. The fourth-order valence-corrected chi connectivity index (χ4v) is 2.06. The number of hydrogen-bond acceptors (Lipinski definition) is 4. The van der Waals surface area contributed by atoms with Crippen LogP contribution in [0.25, 0.3) is 10.1 Å². The summed E-state index contributed by atoms with van der Waals surface area (Å²) in [5.74, 6) is 0.193. The molecule has 62 valence electrons. The SMILES string of the molecule is Nc1cc(O)c2cc(N)sc2c1. The van der Waals surface area contributed by atoms with Crippen molar-refractivity contribution in [3.63, 3.8) is 0 Å². The zero-order valence-corrected chi connectivity index (χ0v) is 7.06. The molecule has 0 fully saturated rings. The Morgan fingerprint density at radius 2 is 1.92 bits per heavy atom. The molecule has 4 heteroatoms. The molecule has 2 rings (SSSR count). The van der Waals surface area contributed by atoms with E-state index in [2.05, 4.69) is 0 Å². The van der Waals surface area contributed by atoms with Crippen LogP contribution in [0.3, 0.4) is 0 Å². The van der Waals surface area contributed by atoms with Gasteiger partial charge in [0.25, 0.3) is 0 Å². The predicted molar refractivity (Wildman–Crippen MR) is 52.3 cm³/mol. The van der Waals surface area contributed by atoms with Gasteiger partial charge in [0.05, 0.1) is 5.00 Å². The monoisotopic (exact) mass is 180 g/mol. The second-order valence-electron chi connectivity index (χ2n) is 2.60. The molecule has 0 saturated carbocycles. The zero-order chi connectivity index (χ0) is 8.72. The fraction of sp³-hybridized carbons (Fsp3) is 0. The van der Waals surface area contributed by atoms with Crippen molar-refractivity contribution in [2.45, 2.75) is 0 Å². The molecular formula is C8H8N2OS. The number of anilines is 2. The fourth-order valence-electron chi connectivity index (χ4n) is 1.16. The van der Waals surface area contributed by atoms with Gasteiger partial charge in [-0.3, -0.25) is 0 Å². The molecule has 0 unspecified atom stereocenters. The Hall–Kier alpha value is -1.42. The maximum absolute atomic E-state index is 9.44. The number of benzene rings is 1. The Bertz CT molecular complexity index is 436. The summed E-state index contributed by atoms with van der Waals surface area (Å²) in [6, 6.07) is 5.07. The van der Waals surface area contributed by atoms with Gasteiger partial charge in [-0.25, -0.2) is 0 Å². The minimum absolute atomic E-state index is 0.193. The van der Waals surface area contributed by atoms with Gasteiger partial charge in [-0.2, -0.15) is 0 Å². The van der Waals surface area contributed by atoms with E-state index in [1.807, 2.05) is 0 Å². The molecule has 12 heavy (non-hydrogen) atoms. The van der Waals surface area contributed by atoms with Crippen molar-refractivity contribution in [1.82, 2.24) is 0 Å². The Kier molecular flexibility index (Phi) is 1.38. The van der Waals surface area contributed by atoms with Crippen LogP contribution in [0.5, 0.6) is 5.75 Å². The van der Waals surface area contributed by atoms with Gasteiger partial charge < -0.3 is 16.6 Å². The number of hydrogen-bond donors (Lipinski definition) is 3. The number of rotatable bonds is 0. The van der Waals surface area contributed by atoms with Gasteiger partial charge >= 0.3 is 0 Å². The first kappa shape index (κ1) is 7.24. The van der Waals surface area contributed by atoms with Crippen LogP contribution in [0.1, 0.15) is 0 Å². The number of nitrogens with two attached hydrogens (primary N) is 2. The first-order valence-electron chi connectivity index (χ1n) is 3.44. The van der Waals surface area contributed by atoms with Crippen LogP contribution >= 0.6 is 11.3 Å². The normalized spacial score (nSPS) is 10.7. The molecule has 5 N–H and O–H groups in total. The second kappa shape index (κ2) is 2.28. The third-order valence-electron chi connectivity index (χ3n) is 1.66. The van der Waals surface area contributed by atoms with Gasteiger partial charge in [0.15, 0.2) is 0 Å². The van der Waals surface area contributed by atoms with Gasteiger partial charge in [-0.1, -0.05) is 0 Å². The summed E-state index contributed by atoms with van der Waals surface area (Å²) in [7, 11) is 0. The van der Waals surface area contributed by atoms with Crippen LogP contribution in [-0.2, 0) is 0 Å². The third kappa shape index (κ3) is 0.967. The van der Waals surface area contributed by atoms with Crippen molar-refractivity contribution in [2.75, 3.05) is 11.5 Å². The molecule has 0 aliphatic heterocycles. The number of fused-ring (bicyclic) bond motifs is 1. The largest absolute Gasteiger partial charge is 0.507 e. The Balaban J connectivity index is 2.88. The highest BCUT2D eigenvalue weighted by Gasteiger charge is 2.04. The molecular weight excluding hydrogens is 172 g/mol. The lowest BCUT2D eigenvalue weighted by atomic mass is 10.2. The standard InChI is InChI=1S/C8H8N2OS/c9-4-1-6(11)5-3-8(10)12-7(5)2-4/h1-3,11H,9-10H2. The molecule has 0 bridgehead atoms. The van der Waals surface area contributed by atoms with E-state index < -0.39 is 0 Å². The van der Waals surface area contributed by atoms with E-state index in [4.69, 9.17) is 11.5 Å². The van der Waals surface area contributed by atoms with Crippen LogP contribution < -0.4 is 11.5 Å². The van der Waals surface area contributed by atoms with Gasteiger partial charge in [0, 0.05) is 21.8 Å². The van der Waals surface area contributed by atoms with Crippen molar-refractivity contribution >= 4 is 32.1 Å². The summed E-state index contributed by atoms with van der Waals surface area (Å²) in [6.45, 7) is 0. The molecule has 3 nitrogen and oxygen atoms in total. The van der Waals surface area contributed by atoms with Crippen molar-refractivity contribution in [2.24, 2.45) is 0 Å². The van der Waals surface area contributed by atoms with Gasteiger partial charge in [0.2, 0.25) is 0 Å².